The van der Waals surface area contributed by atoms with Crippen LogP contribution >= 0.6 is 0 Å². The van der Waals surface area contributed by atoms with Gasteiger partial charge in [-0.25, -0.2) is 0 Å². The molecule has 94 valence electrons. The van der Waals surface area contributed by atoms with Gasteiger partial charge in [0.25, 0.3) is 0 Å². The van der Waals surface area contributed by atoms with Crippen molar-refractivity contribution in [3.8, 4) is 0 Å². The van der Waals surface area contributed by atoms with E-state index >= 15 is 0 Å². The lowest BCUT2D eigenvalue weighted by atomic mass is 10.1. The fraction of sp³-hybridized carbons (Fsp3) is 0.538. The summed E-state index contributed by atoms with van der Waals surface area (Å²) in [5, 5.41) is 0. The zero-order valence-electron chi connectivity index (χ0n) is 10.7. The van der Waals surface area contributed by atoms with Gasteiger partial charge in [-0.05, 0) is 38.9 Å². The second-order valence-electron chi connectivity index (χ2n) is 4.91. The number of pyridine rings is 1. The van der Waals surface area contributed by atoms with Crippen LogP contribution in [0.4, 0.5) is 0 Å². The molecule has 4 heteroatoms. The molecule has 0 radical (unpaired) electrons. The van der Waals surface area contributed by atoms with Crippen molar-refractivity contribution in [1.29, 1.82) is 0 Å². The predicted molar refractivity (Wildman–Crippen MR) is 66.5 cm³/mol. The van der Waals surface area contributed by atoms with Crippen molar-refractivity contribution < 1.29 is 9.53 Å². The van der Waals surface area contributed by atoms with E-state index in [1.54, 1.807) is 6.20 Å². The fourth-order valence-corrected chi connectivity index (χ4v) is 1.53. The topological polar surface area (TPSA) is 65.2 Å². The molecule has 1 aromatic heterocycles. The van der Waals surface area contributed by atoms with Crippen LogP contribution in [0.5, 0.6) is 0 Å². The first-order chi connectivity index (χ1) is 7.92. The molecule has 0 saturated carbocycles. The van der Waals surface area contributed by atoms with Gasteiger partial charge < -0.3 is 10.5 Å². The highest BCUT2D eigenvalue weighted by Crippen LogP contribution is 2.12. The van der Waals surface area contributed by atoms with Crippen LogP contribution in [-0.4, -0.2) is 23.1 Å². The third-order valence-electron chi connectivity index (χ3n) is 2.12. The highest BCUT2D eigenvalue weighted by Gasteiger charge is 2.17. The summed E-state index contributed by atoms with van der Waals surface area (Å²) in [6.07, 6.45) is 2.64. The molecule has 0 saturated heterocycles. The van der Waals surface area contributed by atoms with E-state index < -0.39 is 5.60 Å². The second kappa shape index (κ2) is 5.77. The molecule has 17 heavy (non-hydrogen) atoms. The Balaban J connectivity index is 2.71. The molecule has 0 aliphatic carbocycles. The molecule has 0 spiro atoms. The van der Waals surface area contributed by atoms with Gasteiger partial charge in [-0.15, -0.1) is 0 Å². The summed E-state index contributed by atoms with van der Waals surface area (Å²) >= 11 is 0. The zero-order valence-corrected chi connectivity index (χ0v) is 10.7. The van der Waals surface area contributed by atoms with E-state index in [2.05, 4.69) is 4.98 Å². The van der Waals surface area contributed by atoms with Crippen molar-refractivity contribution in [3.05, 3.63) is 29.6 Å². The summed E-state index contributed by atoms with van der Waals surface area (Å²) in [6.45, 7) is 6.09. The molecule has 0 aliphatic heterocycles. The van der Waals surface area contributed by atoms with Crippen LogP contribution in [0.25, 0.3) is 0 Å². The molecule has 0 atom stereocenters. The van der Waals surface area contributed by atoms with E-state index in [9.17, 15) is 4.79 Å². The van der Waals surface area contributed by atoms with Crippen LogP contribution in [0.2, 0.25) is 0 Å². The maximum absolute atomic E-state index is 11.7. The van der Waals surface area contributed by atoms with Crippen LogP contribution in [0.15, 0.2) is 18.3 Å². The SMILES string of the molecule is CC(C)(C)OC(=O)Cc1cccnc1CCN. The molecule has 2 N–H and O–H groups in total. The van der Waals surface area contributed by atoms with Crippen LogP contribution in [0.3, 0.4) is 0 Å². The summed E-state index contributed by atoms with van der Waals surface area (Å²) in [7, 11) is 0. The summed E-state index contributed by atoms with van der Waals surface area (Å²) in [6, 6.07) is 3.71. The van der Waals surface area contributed by atoms with Gasteiger partial charge in [0.2, 0.25) is 0 Å². The first-order valence-electron chi connectivity index (χ1n) is 5.77. The average Bonchev–Trinajstić information content (AvgIpc) is 2.18. The molecule has 0 fully saturated rings. The Morgan fingerprint density at radius 2 is 2.18 bits per heavy atom. The molecule has 1 rings (SSSR count). The Labute approximate surface area is 102 Å². The van der Waals surface area contributed by atoms with Gasteiger partial charge in [0.05, 0.1) is 6.42 Å². The van der Waals surface area contributed by atoms with Gasteiger partial charge in [-0.2, -0.15) is 0 Å². The lowest BCUT2D eigenvalue weighted by Crippen LogP contribution is -2.25. The molecule has 4 nitrogen and oxygen atoms in total. The van der Waals surface area contributed by atoms with Crippen molar-refractivity contribution in [3.63, 3.8) is 0 Å². The Morgan fingerprint density at radius 3 is 2.76 bits per heavy atom. The van der Waals surface area contributed by atoms with Crippen molar-refractivity contribution >= 4 is 5.97 Å². The molecular weight excluding hydrogens is 216 g/mol. The van der Waals surface area contributed by atoms with Crippen LogP contribution in [-0.2, 0) is 22.4 Å². The number of rotatable bonds is 4. The van der Waals surface area contributed by atoms with E-state index in [4.69, 9.17) is 10.5 Å². The van der Waals surface area contributed by atoms with Crippen molar-refractivity contribution in [1.82, 2.24) is 4.98 Å². The minimum absolute atomic E-state index is 0.233. The van der Waals surface area contributed by atoms with E-state index in [-0.39, 0.29) is 12.4 Å². The van der Waals surface area contributed by atoms with Gasteiger partial charge in [-0.1, -0.05) is 6.07 Å². The minimum atomic E-state index is -0.451. The van der Waals surface area contributed by atoms with E-state index in [0.717, 1.165) is 11.3 Å². The number of esters is 1. The molecule has 0 bridgehead atoms. The Bertz CT molecular complexity index is 383. The van der Waals surface area contributed by atoms with Crippen molar-refractivity contribution in [2.24, 2.45) is 5.73 Å². The Morgan fingerprint density at radius 1 is 1.47 bits per heavy atom. The predicted octanol–water partition coefficient (Wildman–Crippen LogP) is 1.47. The van der Waals surface area contributed by atoms with Gasteiger partial charge in [-0.3, -0.25) is 9.78 Å². The minimum Gasteiger partial charge on any atom is -0.460 e. The third kappa shape index (κ3) is 4.95. The van der Waals surface area contributed by atoms with Crippen LogP contribution in [0, 0.1) is 0 Å². The quantitative estimate of drug-likeness (QED) is 0.804. The monoisotopic (exact) mass is 236 g/mol. The Hall–Kier alpha value is -1.42. The highest BCUT2D eigenvalue weighted by atomic mass is 16.6. The maximum Gasteiger partial charge on any atom is 0.310 e. The number of hydrogen-bond donors (Lipinski definition) is 1. The molecule has 0 unspecified atom stereocenters. The van der Waals surface area contributed by atoms with Gasteiger partial charge in [0.1, 0.15) is 5.60 Å². The zero-order chi connectivity index (χ0) is 12.9. The first kappa shape index (κ1) is 13.6. The lowest BCUT2D eigenvalue weighted by molar-refractivity contribution is -0.153. The largest absolute Gasteiger partial charge is 0.460 e. The van der Waals surface area contributed by atoms with E-state index in [1.165, 1.54) is 0 Å². The van der Waals surface area contributed by atoms with E-state index in [0.29, 0.717) is 13.0 Å². The average molecular weight is 236 g/mol. The van der Waals surface area contributed by atoms with Crippen molar-refractivity contribution in [2.75, 3.05) is 6.54 Å². The normalized spacial score (nSPS) is 11.3. The summed E-state index contributed by atoms with van der Waals surface area (Å²) in [5.41, 5.74) is 6.83. The smallest absolute Gasteiger partial charge is 0.310 e. The number of carbonyl (C=O) groups excluding carboxylic acids is 1. The molecule has 0 aromatic carbocycles. The van der Waals surface area contributed by atoms with Crippen molar-refractivity contribution in [2.45, 2.75) is 39.2 Å². The molecule has 1 aromatic rings. The number of hydrogen-bond acceptors (Lipinski definition) is 4. The molecular formula is C13H20N2O2. The van der Waals surface area contributed by atoms with Crippen LogP contribution in [0.1, 0.15) is 32.0 Å². The first-order valence-corrected chi connectivity index (χ1v) is 5.77. The van der Waals surface area contributed by atoms with E-state index in [1.807, 2.05) is 32.9 Å². The third-order valence-corrected chi connectivity index (χ3v) is 2.12. The second-order valence-corrected chi connectivity index (χ2v) is 4.91. The number of ether oxygens (including phenoxy) is 1. The summed E-state index contributed by atoms with van der Waals surface area (Å²) < 4.78 is 5.28. The highest BCUT2D eigenvalue weighted by molar-refractivity contribution is 5.73. The van der Waals surface area contributed by atoms with Crippen LogP contribution < -0.4 is 5.73 Å². The molecule has 0 amide bonds. The number of nitrogens with zero attached hydrogens (tertiary/aromatic N) is 1. The standard InChI is InChI=1S/C13H20N2O2/c1-13(2,3)17-12(16)9-10-5-4-8-15-11(10)6-7-14/h4-5,8H,6-7,9,14H2,1-3H3. The maximum atomic E-state index is 11.7. The number of carbonyl (C=O) groups is 1. The summed E-state index contributed by atoms with van der Waals surface area (Å²) in [5.74, 6) is -0.233. The molecule has 1 heterocycles. The summed E-state index contributed by atoms with van der Waals surface area (Å²) in [4.78, 5) is 15.9. The van der Waals surface area contributed by atoms with Gasteiger partial charge in [0.15, 0.2) is 0 Å². The number of nitrogens with two attached hydrogens (primary N) is 1. The fourth-order valence-electron chi connectivity index (χ4n) is 1.53. The number of aromatic nitrogens is 1. The lowest BCUT2D eigenvalue weighted by Gasteiger charge is -2.19. The Kier molecular flexibility index (Phi) is 4.63. The van der Waals surface area contributed by atoms with Gasteiger partial charge in [0, 0.05) is 18.3 Å². The van der Waals surface area contributed by atoms with Gasteiger partial charge >= 0.3 is 5.97 Å². The molecule has 0 aliphatic rings.